The lowest BCUT2D eigenvalue weighted by molar-refractivity contribution is 0.575. The number of hydrogen-bond donors (Lipinski definition) is 2. The molecule has 0 aliphatic heterocycles. The van der Waals surface area contributed by atoms with Crippen molar-refractivity contribution in [3.05, 3.63) is 83.4 Å². The maximum atomic E-state index is 15.4. The van der Waals surface area contributed by atoms with Crippen LogP contribution in [0.25, 0.3) is 33.5 Å². The molecule has 0 amide bonds. The minimum Gasteiger partial charge on any atom is -0.343 e. The second-order valence-corrected chi connectivity index (χ2v) is 9.74. The molecule has 0 fully saturated rings. The van der Waals surface area contributed by atoms with Gasteiger partial charge in [0.15, 0.2) is 21.5 Å². The third-order valence-electron chi connectivity index (χ3n) is 5.49. The average Bonchev–Trinajstić information content (AvgIpc) is 3.48. The highest BCUT2D eigenvalue weighted by Gasteiger charge is 2.25. The van der Waals surface area contributed by atoms with Crippen LogP contribution < -0.4 is 0 Å². The molecule has 12 heteroatoms. The first-order chi connectivity index (χ1) is 16.7. The number of halogens is 4. The SMILES string of the molecule is Cc1ncc(F)cc1S(=O)(=O)Cc1cc(F)cc(-c2ccc3c(-c4ncc[nH]4)[nH]nc3c2F)c1F. The van der Waals surface area contributed by atoms with Gasteiger partial charge in [0.05, 0.1) is 22.5 Å². The van der Waals surface area contributed by atoms with E-state index in [2.05, 4.69) is 25.1 Å². The fourth-order valence-electron chi connectivity index (χ4n) is 3.87. The molecule has 2 N–H and O–H groups in total. The Morgan fingerprint density at radius 1 is 0.943 bits per heavy atom. The summed E-state index contributed by atoms with van der Waals surface area (Å²) in [7, 11) is -4.30. The summed E-state index contributed by atoms with van der Waals surface area (Å²) in [5.41, 5.74) is -1.05. The van der Waals surface area contributed by atoms with Gasteiger partial charge in [0.1, 0.15) is 28.7 Å². The van der Waals surface area contributed by atoms with E-state index < -0.39 is 54.9 Å². The van der Waals surface area contributed by atoms with Crippen LogP contribution >= 0.6 is 0 Å². The molecule has 0 spiro atoms. The number of benzene rings is 2. The van der Waals surface area contributed by atoms with Crippen LogP contribution in [0.3, 0.4) is 0 Å². The van der Waals surface area contributed by atoms with Crippen molar-refractivity contribution in [3.63, 3.8) is 0 Å². The minimum atomic E-state index is -4.30. The number of pyridine rings is 1. The monoisotopic (exact) mass is 501 g/mol. The highest BCUT2D eigenvalue weighted by atomic mass is 32.2. The molecular weight excluding hydrogens is 486 g/mol. The molecule has 0 atom stereocenters. The molecule has 0 bridgehead atoms. The predicted octanol–water partition coefficient (Wildman–Crippen LogP) is 4.85. The number of nitrogens with one attached hydrogen (secondary N) is 2. The molecule has 0 saturated carbocycles. The zero-order chi connectivity index (χ0) is 24.9. The van der Waals surface area contributed by atoms with Crippen molar-refractivity contribution in [3.8, 4) is 22.6 Å². The van der Waals surface area contributed by atoms with Gasteiger partial charge in [0.2, 0.25) is 0 Å². The van der Waals surface area contributed by atoms with Crippen LogP contribution in [0.2, 0.25) is 0 Å². The number of aromatic nitrogens is 5. The number of H-pyrrole nitrogens is 2. The highest BCUT2D eigenvalue weighted by molar-refractivity contribution is 7.90. The molecule has 0 saturated heterocycles. The number of nitrogens with zero attached hydrogens (tertiary/aromatic N) is 3. The molecule has 3 aromatic heterocycles. The van der Waals surface area contributed by atoms with E-state index in [0.29, 0.717) is 23.0 Å². The second-order valence-electron chi connectivity index (χ2n) is 7.78. The van der Waals surface area contributed by atoms with E-state index in [9.17, 15) is 17.2 Å². The van der Waals surface area contributed by atoms with E-state index in [1.807, 2.05) is 0 Å². The summed E-state index contributed by atoms with van der Waals surface area (Å²) in [6, 6.07) is 4.95. The van der Waals surface area contributed by atoms with Crippen LogP contribution in [0, 0.1) is 30.2 Å². The molecule has 35 heavy (non-hydrogen) atoms. The van der Waals surface area contributed by atoms with Gasteiger partial charge >= 0.3 is 0 Å². The predicted molar refractivity (Wildman–Crippen MR) is 119 cm³/mol. The maximum absolute atomic E-state index is 15.4. The van der Waals surface area contributed by atoms with Crippen molar-refractivity contribution in [2.45, 2.75) is 17.6 Å². The fraction of sp³-hybridized carbons (Fsp3) is 0.0870. The number of aromatic amines is 2. The standard InChI is InChI=1S/C23H15F4N5O2S/c1-11-18(8-14(25)9-30-11)35(33,34)10-12-6-13(24)7-17(19(12)26)15-2-3-16-21(20(15)27)31-32-22(16)23-28-4-5-29-23/h2-9H,10H2,1H3,(H,28,29)(H,31,32). The molecule has 178 valence electrons. The number of imidazole rings is 1. The molecule has 0 aliphatic rings. The Kier molecular flexibility index (Phi) is 5.39. The van der Waals surface area contributed by atoms with E-state index in [4.69, 9.17) is 0 Å². The Labute approximate surface area is 195 Å². The van der Waals surface area contributed by atoms with Crippen molar-refractivity contribution in [1.29, 1.82) is 0 Å². The van der Waals surface area contributed by atoms with Gasteiger partial charge in [-0.15, -0.1) is 0 Å². The van der Waals surface area contributed by atoms with E-state index in [1.165, 1.54) is 25.3 Å². The van der Waals surface area contributed by atoms with Gasteiger partial charge in [-0.3, -0.25) is 10.1 Å². The van der Waals surface area contributed by atoms with Crippen LogP contribution in [-0.2, 0) is 15.6 Å². The second kappa shape index (κ2) is 8.31. The van der Waals surface area contributed by atoms with Gasteiger partial charge in [-0.05, 0) is 31.2 Å². The average molecular weight is 501 g/mol. The topological polar surface area (TPSA) is 104 Å². The van der Waals surface area contributed by atoms with Gasteiger partial charge < -0.3 is 4.98 Å². The first-order valence-electron chi connectivity index (χ1n) is 10.1. The summed E-state index contributed by atoms with van der Waals surface area (Å²) in [5, 5.41) is 6.96. The Morgan fingerprint density at radius 2 is 1.74 bits per heavy atom. The smallest absolute Gasteiger partial charge is 0.184 e. The van der Waals surface area contributed by atoms with Crippen LogP contribution in [0.1, 0.15) is 11.3 Å². The van der Waals surface area contributed by atoms with Crippen LogP contribution in [-0.4, -0.2) is 33.6 Å². The minimum absolute atomic E-state index is 0.00539. The Balaban J connectivity index is 1.60. The lowest BCUT2D eigenvalue weighted by Gasteiger charge is -2.12. The third-order valence-corrected chi connectivity index (χ3v) is 7.27. The molecule has 5 rings (SSSR count). The van der Waals surface area contributed by atoms with Crippen molar-refractivity contribution in [2.24, 2.45) is 0 Å². The molecule has 0 unspecified atom stereocenters. The van der Waals surface area contributed by atoms with Crippen molar-refractivity contribution >= 4 is 20.7 Å². The molecule has 2 aromatic carbocycles. The fourth-order valence-corrected chi connectivity index (χ4v) is 5.44. The lowest BCUT2D eigenvalue weighted by Crippen LogP contribution is -2.10. The van der Waals surface area contributed by atoms with Gasteiger partial charge in [-0.1, -0.05) is 6.07 Å². The molecule has 0 aliphatic carbocycles. The number of aryl methyl sites for hydroxylation is 1. The van der Waals surface area contributed by atoms with Gasteiger partial charge in [-0.2, -0.15) is 5.10 Å². The van der Waals surface area contributed by atoms with Crippen LogP contribution in [0.15, 0.2) is 53.8 Å². The van der Waals surface area contributed by atoms with E-state index in [-0.39, 0.29) is 16.8 Å². The Hall–Kier alpha value is -4.06. The van der Waals surface area contributed by atoms with Crippen LogP contribution in [0.5, 0.6) is 0 Å². The molecular formula is C23H15F4N5O2S. The highest BCUT2D eigenvalue weighted by Crippen LogP contribution is 2.35. The summed E-state index contributed by atoms with van der Waals surface area (Å²) in [6.45, 7) is 1.35. The molecule has 3 heterocycles. The Bertz CT molecular complexity index is 1700. The zero-order valence-electron chi connectivity index (χ0n) is 17.9. The van der Waals surface area contributed by atoms with Crippen LogP contribution in [0.4, 0.5) is 17.6 Å². The maximum Gasteiger partial charge on any atom is 0.184 e. The Morgan fingerprint density at radius 3 is 2.49 bits per heavy atom. The first kappa shape index (κ1) is 22.7. The van der Waals surface area contributed by atoms with Gasteiger partial charge in [0.25, 0.3) is 0 Å². The largest absolute Gasteiger partial charge is 0.343 e. The summed E-state index contributed by atoms with van der Waals surface area (Å²) < 4.78 is 84.6. The third kappa shape index (κ3) is 3.95. The summed E-state index contributed by atoms with van der Waals surface area (Å²) in [6.07, 6.45) is 3.93. The van der Waals surface area contributed by atoms with Crippen molar-refractivity contribution < 1.29 is 26.0 Å². The van der Waals surface area contributed by atoms with Crippen molar-refractivity contribution in [1.82, 2.24) is 25.1 Å². The molecule has 0 radical (unpaired) electrons. The van der Waals surface area contributed by atoms with Gasteiger partial charge in [0, 0.05) is 34.5 Å². The number of rotatable bonds is 5. The lowest BCUT2D eigenvalue weighted by atomic mass is 10.00. The number of sulfone groups is 1. The van der Waals surface area contributed by atoms with E-state index >= 15 is 8.78 Å². The quantitative estimate of drug-likeness (QED) is 0.335. The number of fused-ring (bicyclic) bond motifs is 1. The van der Waals surface area contributed by atoms with E-state index in [1.54, 1.807) is 6.20 Å². The number of hydrogen-bond acceptors (Lipinski definition) is 5. The first-order valence-corrected chi connectivity index (χ1v) is 11.8. The van der Waals surface area contributed by atoms with Gasteiger partial charge in [-0.25, -0.2) is 31.0 Å². The summed E-state index contributed by atoms with van der Waals surface area (Å²) in [4.78, 5) is 10.2. The zero-order valence-corrected chi connectivity index (χ0v) is 18.7. The summed E-state index contributed by atoms with van der Waals surface area (Å²) in [5.74, 6) is -4.50. The molecule has 5 aromatic rings. The molecule has 7 nitrogen and oxygen atoms in total. The van der Waals surface area contributed by atoms with E-state index in [0.717, 1.165) is 18.3 Å². The normalized spacial score (nSPS) is 11.9. The van der Waals surface area contributed by atoms with Crippen molar-refractivity contribution in [2.75, 3.05) is 0 Å². The summed E-state index contributed by atoms with van der Waals surface area (Å²) >= 11 is 0.